The number of pyridine rings is 1. The average molecular weight is 539 g/mol. The number of piperazine rings is 1. The highest BCUT2D eigenvalue weighted by atomic mass is 19.1. The number of carbonyl (C=O) groups excluding carboxylic acids is 3. The number of halogens is 2. The Morgan fingerprint density at radius 3 is 2.64 bits per heavy atom. The molecule has 39 heavy (non-hydrogen) atoms. The number of fused-ring (bicyclic) bond motifs is 1. The summed E-state index contributed by atoms with van der Waals surface area (Å²) in [7, 11) is 0. The van der Waals surface area contributed by atoms with Gasteiger partial charge in [-0.15, -0.1) is 0 Å². The SMILES string of the molecule is CCOc1nc(N2CCN(C(C)=O)CC2)ccc1NC(=O)c1coc2c1C(=O)C(c1cc(F)ccc1F)CC2. The molecule has 1 saturated heterocycles. The molecule has 3 aromatic rings. The second kappa shape index (κ2) is 10.8. The van der Waals surface area contributed by atoms with Crippen LogP contribution in [0.25, 0.3) is 0 Å². The van der Waals surface area contributed by atoms with Crippen molar-refractivity contribution in [1.82, 2.24) is 9.88 Å². The zero-order chi connectivity index (χ0) is 27.7. The van der Waals surface area contributed by atoms with E-state index in [1.807, 2.05) is 4.90 Å². The van der Waals surface area contributed by atoms with Gasteiger partial charge in [-0.05, 0) is 43.7 Å². The van der Waals surface area contributed by atoms with E-state index in [4.69, 9.17) is 9.15 Å². The lowest BCUT2D eigenvalue weighted by Crippen LogP contribution is -2.48. The largest absolute Gasteiger partial charge is 0.476 e. The van der Waals surface area contributed by atoms with Crippen LogP contribution in [0.5, 0.6) is 5.88 Å². The van der Waals surface area contributed by atoms with Crippen molar-refractivity contribution in [3.05, 3.63) is 70.7 Å². The first-order chi connectivity index (χ1) is 18.8. The zero-order valence-electron chi connectivity index (χ0n) is 21.6. The normalized spacial score (nSPS) is 17.1. The van der Waals surface area contributed by atoms with Gasteiger partial charge in [-0.1, -0.05) is 0 Å². The molecule has 1 aliphatic heterocycles. The summed E-state index contributed by atoms with van der Waals surface area (Å²) in [6, 6.07) is 6.42. The van der Waals surface area contributed by atoms with Crippen LogP contribution in [0.3, 0.4) is 0 Å². The number of furan rings is 1. The predicted octanol–water partition coefficient (Wildman–Crippen LogP) is 4.19. The van der Waals surface area contributed by atoms with Gasteiger partial charge >= 0.3 is 0 Å². The summed E-state index contributed by atoms with van der Waals surface area (Å²) in [5.74, 6) is -2.14. The number of amides is 2. The third kappa shape index (κ3) is 5.21. The standard InChI is InChI=1S/C28H28F2N4O5/c1-3-38-28-22(7-9-24(32-28)34-12-10-33(11-13-34)16(2)35)31-27(37)20-15-39-23-8-5-18(26(36)25(20)23)19-14-17(29)4-6-21(19)30/h4,6-7,9,14-15,18H,3,5,8,10-13H2,1-2H3,(H,31,37). The fourth-order valence-corrected chi connectivity index (χ4v) is 5.07. The van der Waals surface area contributed by atoms with Crippen LogP contribution < -0.4 is 15.0 Å². The summed E-state index contributed by atoms with van der Waals surface area (Å²) in [4.78, 5) is 46.7. The molecule has 2 amide bonds. The monoisotopic (exact) mass is 538 g/mol. The number of aromatic nitrogens is 1. The molecule has 0 spiro atoms. The number of hydrogen-bond donors (Lipinski definition) is 1. The maximum absolute atomic E-state index is 14.5. The van der Waals surface area contributed by atoms with Crippen molar-refractivity contribution >= 4 is 29.1 Å². The minimum Gasteiger partial charge on any atom is -0.476 e. The molecular weight excluding hydrogens is 510 g/mol. The van der Waals surface area contributed by atoms with Crippen molar-refractivity contribution in [2.24, 2.45) is 0 Å². The van der Waals surface area contributed by atoms with E-state index in [1.165, 1.54) is 6.26 Å². The third-order valence-corrected chi connectivity index (χ3v) is 7.09. The molecule has 1 atom stereocenters. The lowest BCUT2D eigenvalue weighted by Gasteiger charge is -2.35. The number of Topliss-reactive ketones (excluding diaryl/α,β-unsaturated/α-hetero) is 1. The minimum atomic E-state index is -0.930. The van der Waals surface area contributed by atoms with Gasteiger partial charge in [0.25, 0.3) is 5.91 Å². The van der Waals surface area contributed by atoms with Gasteiger partial charge in [-0.3, -0.25) is 14.4 Å². The molecule has 3 heterocycles. The van der Waals surface area contributed by atoms with Gasteiger partial charge in [-0.2, -0.15) is 4.98 Å². The van der Waals surface area contributed by atoms with Crippen molar-refractivity contribution < 1.29 is 32.3 Å². The van der Waals surface area contributed by atoms with Gasteiger partial charge in [0.2, 0.25) is 11.8 Å². The number of nitrogens with zero attached hydrogens (tertiary/aromatic N) is 3. The fourth-order valence-electron chi connectivity index (χ4n) is 5.07. The Balaban J connectivity index is 1.37. The van der Waals surface area contributed by atoms with Crippen molar-refractivity contribution in [1.29, 1.82) is 0 Å². The molecule has 11 heteroatoms. The Morgan fingerprint density at radius 1 is 1.15 bits per heavy atom. The number of rotatable bonds is 6. The van der Waals surface area contributed by atoms with Gasteiger partial charge < -0.3 is 24.3 Å². The lowest BCUT2D eigenvalue weighted by molar-refractivity contribution is -0.129. The molecule has 9 nitrogen and oxygen atoms in total. The third-order valence-electron chi connectivity index (χ3n) is 7.09. The Labute approximate surface area is 223 Å². The van der Waals surface area contributed by atoms with Gasteiger partial charge in [0.15, 0.2) is 5.78 Å². The molecule has 2 aromatic heterocycles. The van der Waals surface area contributed by atoms with Crippen LogP contribution in [0.15, 0.2) is 41.0 Å². The highest BCUT2D eigenvalue weighted by Gasteiger charge is 2.36. The second-order valence-corrected chi connectivity index (χ2v) is 9.47. The van der Waals surface area contributed by atoms with E-state index in [9.17, 15) is 23.2 Å². The smallest absolute Gasteiger partial charge is 0.259 e. The maximum Gasteiger partial charge on any atom is 0.259 e. The summed E-state index contributed by atoms with van der Waals surface area (Å²) in [6.07, 6.45) is 1.74. The van der Waals surface area contributed by atoms with E-state index in [2.05, 4.69) is 10.3 Å². The Bertz CT molecular complexity index is 1430. The number of ketones is 1. The maximum atomic E-state index is 14.5. The highest BCUT2D eigenvalue weighted by Crippen LogP contribution is 2.37. The highest BCUT2D eigenvalue weighted by molar-refractivity contribution is 6.15. The first kappa shape index (κ1) is 26.3. The number of benzene rings is 1. The number of aryl methyl sites for hydroxylation is 1. The molecule has 0 bridgehead atoms. The number of hydrogen-bond acceptors (Lipinski definition) is 7. The first-order valence-electron chi connectivity index (χ1n) is 12.8. The molecule has 5 rings (SSSR count). The average Bonchev–Trinajstić information content (AvgIpc) is 3.37. The molecule has 2 aliphatic rings. The van der Waals surface area contributed by atoms with Crippen LogP contribution in [0.1, 0.15) is 58.2 Å². The molecular formula is C28H28F2N4O5. The van der Waals surface area contributed by atoms with E-state index < -0.39 is 29.2 Å². The van der Waals surface area contributed by atoms with Crippen LogP contribution in [0, 0.1) is 11.6 Å². The topological polar surface area (TPSA) is 105 Å². The van der Waals surface area contributed by atoms with E-state index >= 15 is 0 Å². The quantitative estimate of drug-likeness (QED) is 0.502. The summed E-state index contributed by atoms with van der Waals surface area (Å²) < 4.78 is 39.5. The molecule has 204 valence electrons. The molecule has 1 N–H and O–H groups in total. The van der Waals surface area contributed by atoms with Crippen LogP contribution >= 0.6 is 0 Å². The van der Waals surface area contributed by atoms with Crippen LogP contribution in [-0.4, -0.2) is 60.3 Å². The molecule has 0 saturated carbocycles. The van der Waals surface area contributed by atoms with E-state index in [1.54, 1.807) is 30.9 Å². The minimum absolute atomic E-state index is 0.00314. The van der Waals surface area contributed by atoms with Gasteiger partial charge in [0.05, 0.1) is 23.7 Å². The molecule has 1 aromatic carbocycles. The number of anilines is 2. The zero-order valence-corrected chi connectivity index (χ0v) is 21.6. The molecule has 1 unspecified atom stereocenters. The van der Waals surface area contributed by atoms with Crippen molar-refractivity contribution in [3.63, 3.8) is 0 Å². The van der Waals surface area contributed by atoms with E-state index in [-0.39, 0.29) is 34.9 Å². The van der Waals surface area contributed by atoms with Crippen molar-refractivity contribution in [2.45, 2.75) is 32.6 Å². The lowest BCUT2D eigenvalue weighted by atomic mass is 9.80. The van der Waals surface area contributed by atoms with E-state index in [0.717, 1.165) is 18.2 Å². The summed E-state index contributed by atoms with van der Waals surface area (Å²) in [6.45, 7) is 6.03. The molecule has 1 aliphatic carbocycles. The van der Waals surface area contributed by atoms with Gasteiger partial charge in [0, 0.05) is 45.1 Å². The molecule has 1 fully saturated rings. The number of ether oxygens (including phenoxy) is 1. The van der Waals surface area contributed by atoms with Crippen molar-refractivity contribution in [2.75, 3.05) is 43.0 Å². The Kier molecular flexibility index (Phi) is 7.32. The van der Waals surface area contributed by atoms with Crippen LogP contribution in [0.2, 0.25) is 0 Å². The Hall–Kier alpha value is -4.28. The van der Waals surface area contributed by atoms with Crippen molar-refractivity contribution in [3.8, 4) is 5.88 Å². The fraction of sp³-hybridized carbons (Fsp3) is 0.357. The summed E-state index contributed by atoms with van der Waals surface area (Å²) >= 11 is 0. The van der Waals surface area contributed by atoms with Crippen LogP contribution in [0.4, 0.5) is 20.3 Å². The first-order valence-corrected chi connectivity index (χ1v) is 12.8. The number of nitrogens with one attached hydrogen (secondary N) is 1. The second-order valence-electron chi connectivity index (χ2n) is 9.47. The number of carbonyl (C=O) groups is 3. The van der Waals surface area contributed by atoms with Gasteiger partial charge in [-0.25, -0.2) is 8.78 Å². The van der Waals surface area contributed by atoms with Crippen LogP contribution in [-0.2, 0) is 11.2 Å². The predicted molar refractivity (Wildman–Crippen MR) is 138 cm³/mol. The molecule has 0 radical (unpaired) electrons. The Morgan fingerprint density at radius 2 is 1.92 bits per heavy atom. The summed E-state index contributed by atoms with van der Waals surface area (Å²) in [5.41, 5.74) is 0.335. The van der Waals surface area contributed by atoms with Gasteiger partial charge in [0.1, 0.15) is 35.2 Å². The van der Waals surface area contributed by atoms with E-state index in [0.29, 0.717) is 56.5 Å². The summed E-state index contributed by atoms with van der Waals surface area (Å²) in [5, 5.41) is 2.75.